The number of hydrogen-bond acceptors (Lipinski definition) is 4. The van der Waals surface area contributed by atoms with Gasteiger partial charge in [0.15, 0.2) is 6.61 Å². The van der Waals surface area contributed by atoms with Crippen molar-refractivity contribution in [2.24, 2.45) is 0 Å². The standard InChI is InChI=1S/C15H22N2O3/c1-5-8-17-15(18)10-20-14-9-12(19-4)6-7-13(14)11(2)16-3/h5-7,9,11,16H,1,8,10H2,2-4H3,(H,17,18). The van der Waals surface area contributed by atoms with Crippen molar-refractivity contribution in [1.29, 1.82) is 0 Å². The molecule has 0 bridgehead atoms. The molecule has 0 fully saturated rings. The van der Waals surface area contributed by atoms with Gasteiger partial charge in [-0.05, 0) is 20.0 Å². The van der Waals surface area contributed by atoms with E-state index in [0.29, 0.717) is 18.0 Å². The summed E-state index contributed by atoms with van der Waals surface area (Å²) in [7, 11) is 3.46. The van der Waals surface area contributed by atoms with E-state index < -0.39 is 0 Å². The minimum atomic E-state index is -0.184. The Morgan fingerprint density at radius 3 is 2.85 bits per heavy atom. The van der Waals surface area contributed by atoms with Crippen LogP contribution >= 0.6 is 0 Å². The third-order valence-electron chi connectivity index (χ3n) is 2.92. The van der Waals surface area contributed by atoms with E-state index in [1.165, 1.54) is 0 Å². The summed E-state index contributed by atoms with van der Waals surface area (Å²) in [5.41, 5.74) is 0.977. The van der Waals surface area contributed by atoms with Crippen molar-refractivity contribution in [2.75, 3.05) is 27.3 Å². The molecule has 0 radical (unpaired) electrons. The largest absolute Gasteiger partial charge is 0.497 e. The van der Waals surface area contributed by atoms with Crippen LogP contribution in [0.15, 0.2) is 30.9 Å². The third kappa shape index (κ3) is 4.59. The molecule has 5 heteroatoms. The molecule has 1 amide bonds. The smallest absolute Gasteiger partial charge is 0.258 e. The molecule has 0 aliphatic carbocycles. The van der Waals surface area contributed by atoms with E-state index in [4.69, 9.17) is 9.47 Å². The average Bonchev–Trinajstić information content (AvgIpc) is 2.49. The van der Waals surface area contributed by atoms with Crippen LogP contribution in [0.2, 0.25) is 0 Å². The van der Waals surface area contributed by atoms with Crippen molar-refractivity contribution in [3.63, 3.8) is 0 Å². The van der Waals surface area contributed by atoms with Crippen LogP contribution in [-0.2, 0) is 4.79 Å². The molecule has 0 heterocycles. The highest BCUT2D eigenvalue weighted by Gasteiger charge is 2.12. The zero-order valence-electron chi connectivity index (χ0n) is 12.2. The Labute approximate surface area is 120 Å². The summed E-state index contributed by atoms with van der Waals surface area (Å²) in [6.07, 6.45) is 1.62. The number of methoxy groups -OCH3 is 1. The molecule has 0 saturated heterocycles. The summed E-state index contributed by atoms with van der Waals surface area (Å²) in [5, 5.41) is 5.81. The number of ether oxygens (including phenoxy) is 2. The van der Waals surface area contributed by atoms with Crippen LogP contribution in [0.1, 0.15) is 18.5 Å². The Bertz CT molecular complexity index is 460. The van der Waals surface area contributed by atoms with E-state index in [1.54, 1.807) is 19.3 Å². The second-order valence-electron chi connectivity index (χ2n) is 4.30. The van der Waals surface area contributed by atoms with Gasteiger partial charge >= 0.3 is 0 Å². The van der Waals surface area contributed by atoms with E-state index in [2.05, 4.69) is 17.2 Å². The monoisotopic (exact) mass is 278 g/mol. The fourth-order valence-corrected chi connectivity index (χ4v) is 1.66. The van der Waals surface area contributed by atoms with Crippen LogP contribution in [0, 0.1) is 0 Å². The van der Waals surface area contributed by atoms with Gasteiger partial charge in [-0.1, -0.05) is 12.1 Å². The maximum atomic E-state index is 11.5. The van der Waals surface area contributed by atoms with Gasteiger partial charge in [0.05, 0.1) is 7.11 Å². The number of rotatable bonds is 8. The normalized spacial score (nSPS) is 11.6. The number of carbonyl (C=O) groups excluding carboxylic acids is 1. The van der Waals surface area contributed by atoms with Gasteiger partial charge < -0.3 is 20.1 Å². The molecule has 2 N–H and O–H groups in total. The highest BCUT2D eigenvalue weighted by atomic mass is 16.5. The van der Waals surface area contributed by atoms with Crippen molar-refractivity contribution < 1.29 is 14.3 Å². The molecular weight excluding hydrogens is 256 g/mol. The minimum Gasteiger partial charge on any atom is -0.497 e. The second kappa shape index (κ2) is 8.22. The molecule has 0 aliphatic heterocycles. The molecule has 110 valence electrons. The molecular formula is C15H22N2O3. The Hall–Kier alpha value is -2.01. The number of nitrogens with one attached hydrogen (secondary N) is 2. The number of carbonyl (C=O) groups is 1. The molecule has 1 aromatic carbocycles. The topological polar surface area (TPSA) is 59.6 Å². The minimum absolute atomic E-state index is 0.0373. The van der Waals surface area contributed by atoms with Crippen molar-refractivity contribution in [1.82, 2.24) is 10.6 Å². The predicted octanol–water partition coefficient (Wildman–Crippen LogP) is 1.66. The number of hydrogen-bond donors (Lipinski definition) is 2. The molecule has 1 rings (SSSR count). The molecule has 5 nitrogen and oxygen atoms in total. The van der Waals surface area contributed by atoms with Crippen LogP contribution in [-0.4, -0.2) is 33.2 Å². The third-order valence-corrected chi connectivity index (χ3v) is 2.92. The molecule has 0 aromatic heterocycles. The predicted molar refractivity (Wildman–Crippen MR) is 79.2 cm³/mol. The van der Waals surface area contributed by atoms with E-state index in [1.807, 2.05) is 26.1 Å². The Kier molecular flexibility index (Phi) is 6.59. The summed E-state index contributed by atoms with van der Waals surface area (Å²) in [4.78, 5) is 11.5. The molecule has 1 unspecified atom stereocenters. The van der Waals surface area contributed by atoms with Gasteiger partial charge in [-0.2, -0.15) is 0 Å². The van der Waals surface area contributed by atoms with Gasteiger partial charge in [-0.25, -0.2) is 0 Å². The maximum absolute atomic E-state index is 11.5. The van der Waals surface area contributed by atoms with Gasteiger partial charge in [0.25, 0.3) is 5.91 Å². The maximum Gasteiger partial charge on any atom is 0.258 e. The number of amides is 1. The lowest BCUT2D eigenvalue weighted by molar-refractivity contribution is -0.122. The first kappa shape index (κ1) is 16.0. The van der Waals surface area contributed by atoms with Crippen molar-refractivity contribution >= 4 is 5.91 Å². The Morgan fingerprint density at radius 1 is 1.50 bits per heavy atom. The lowest BCUT2D eigenvalue weighted by Gasteiger charge is -2.17. The SMILES string of the molecule is C=CCNC(=O)COc1cc(OC)ccc1C(C)NC. The first-order chi connectivity index (χ1) is 9.62. The fraction of sp³-hybridized carbons (Fsp3) is 0.400. The van der Waals surface area contributed by atoms with Gasteiger partial charge in [0.1, 0.15) is 11.5 Å². The van der Waals surface area contributed by atoms with Crippen LogP contribution in [0.4, 0.5) is 0 Å². The lowest BCUT2D eigenvalue weighted by atomic mass is 10.1. The summed E-state index contributed by atoms with van der Waals surface area (Å²) in [6, 6.07) is 5.70. The van der Waals surface area contributed by atoms with Crippen LogP contribution in [0.25, 0.3) is 0 Å². The number of benzene rings is 1. The van der Waals surface area contributed by atoms with Crippen LogP contribution in [0.3, 0.4) is 0 Å². The van der Waals surface area contributed by atoms with E-state index >= 15 is 0 Å². The van der Waals surface area contributed by atoms with Gasteiger partial charge in [0, 0.05) is 24.2 Å². The van der Waals surface area contributed by atoms with Crippen LogP contribution < -0.4 is 20.1 Å². The van der Waals surface area contributed by atoms with Gasteiger partial charge in [-0.3, -0.25) is 4.79 Å². The Morgan fingerprint density at radius 2 is 2.25 bits per heavy atom. The van der Waals surface area contributed by atoms with Crippen molar-refractivity contribution in [2.45, 2.75) is 13.0 Å². The quantitative estimate of drug-likeness (QED) is 0.710. The van der Waals surface area contributed by atoms with Gasteiger partial charge in [0.2, 0.25) is 0 Å². The highest BCUT2D eigenvalue weighted by Crippen LogP contribution is 2.29. The van der Waals surface area contributed by atoms with E-state index in [-0.39, 0.29) is 18.6 Å². The first-order valence-corrected chi connectivity index (χ1v) is 6.48. The summed E-state index contributed by atoms with van der Waals surface area (Å²) in [5.74, 6) is 1.15. The second-order valence-corrected chi connectivity index (χ2v) is 4.30. The molecule has 1 aromatic rings. The molecule has 20 heavy (non-hydrogen) atoms. The van der Waals surface area contributed by atoms with Crippen LogP contribution in [0.5, 0.6) is 11.5 Å². The summed E-state index contributed by atoms with van der Waals surface area (Å²) < 4.78 is 10.8. The molecule has 0 spiro atoms. The zero-order chi connectivity index (χ0) is 15.0. The fourth-order valence-electron chi connectivity index (χ4n) is 1.66. The molecule has 0 saturated carbocycles. The van der Waals surface area contributed by atoms with E-state index in [0.717, 1.165) is 5.56 Å². The highest BCUT2D eigenvalue weighted by molar-refractivity contribution is 5.77. The summed E-state index contributed by atoms with van der Waals surface area (Å²) >= 11 is 0. The molecule has 0 aliphatic rings. The van der Waals surface area contributed by atoms with E-state index in [9.17, 15) is 4.79 Å². The van der Waals surface area contributed by atoms with Gasteiger partial charge in [-0.15, -0.1) is 6.58 Å². The zero-order valence-corrected chi connectivity index (χ0v) is 12.2. The Balaban J connectivity index is 2.79. The molecule has 1 atom stereocenters. The first-order valence-electron chi connectivity index (χ1n) is 6.48. The van der Waals surface area contributed by atoms with Crippen molar-refractivity contribution in [3.8, 4) is 11.5 Å². The average molecular weight is 278 g/mol. The summed E-state index contributed by atoms with van der Waals surface area (Å²) in [6.45, 7) is 5.96. The van der Waals surface area contributed by atoms with Crippen molar-refractivity contribution in [3.05, 3.63) is 36.4 Å². The lowest BCUT2D eigenvalue weighted by Crippen LogP contribution is -2.29.